The van der Waals surface area contributed by atoms with Crippen LogP contribution in [-0.2, 0) is 14.3 Å². The molecule has 1 aromatic carbocycles. The summed E-state index contributed by atoms with van der Waals surface area (Å²) >= 11 is 1.31. The molecule has 28 heavy (non-hydrogen) atoms. The lowest BCUT2D eigenvalue weighted by Gasteiger charge is -2.17. The van der Waals surface area contributed by atoms with Gasteiger partial charge in [-0.15, -0.1) is 11.3 Å². The molecule has 9 heteroatoms. The van der Waals surface area contributed by atoms with E-state index in [9.17, 15) is 14.4 Å². The highest BCUT2D eigenvalue weighted by atomic mass is 32.1. The third-order valence-electron chi connectivity index (χ3n) is 3.40. The maximum atomic E-state index is 12.0. The largest absolute Gasteiger partial charge is 0.450 e. The van der Waals surface area contributed by atoms with Gasteiger partial charge in [0.1, 0.15) is 0 Å². The number of hydrogen-bond acceptors (Lipinski definition) is 6. The first-order chi connectivity index (χ1) is 13.5. The molecule has 2 aromatic rings. The normalized spacial score (nSPS) is 10.5. The Hall–Kier alpha value is -3.20. The minimum Gasteiger partial charge on any atom is -0.450 e. The number of benzene rings is 1. The summed E-state index contributed by atoms with van der Waals surface area (Å²) in [6, 6.07) is 9.23. The van der Waals surface area contributed by atoms with Crippen molar-refractivity contribution >= 4 is 46.1 Å². The van der Waals surface area contributed by atoms with Crippen molar-refractivity contribution in [2.24, 2.45) is 0 Å². The molecule has 1 heterocycles. The average Bonchev–Trinajstić information content (AvgIpc) is 3.13. The second-order valence-electron chi connectivity index (χ2n) is 5.52. The number of para-hydroxylation sites is 1. The number of hydrogen-bond donors (Lipinski definition) is 2. The number of thiazole rings is 1. The van der Waals surface area contributed by atoms with E-state index < -0.39 is 6.09 Å². The summed E-state index contributed by atoms with van der Waals surface area (Å²) in [5.41, 5.74) is 1.30. The Morgan fingerprint density at radius 1 is 1.18 bits per heavy atom. The lowest BCUT2D eigenvalue weighted by molar-refractivity contribution is -0.117. The molecule has 0 aliphatic carbocycles. The zero-order valence-corrected chi connectivity index (χ0v) is 16.5. The van der Waals surface area contributed by atoms with E-state index in [0.717, 1.165) is 5.69 Å². The summed E-state index contributed by atoms with van der Waals surface area (Å²) in [6.07, 6.45) is 2.40. The molecule has 8 nitrogen and oxygen atoms in total. The van der Waals surface area contributed by atoms with E-state index in [1.54, 1.807) is 18.4 Å². The van der Waals surface area contributed by atoms with Crippen molar-refractivity contribution in [2.75, 3.05) is 24.6 Å². The fraction of sp³-hybridized carbons (Fsp3) is 0.263. The van der Waals surface area contributed by atoms with Gasteiger partial charge in [-0.3, -0.25) is 14.5 Å². The quantitative estimate of drug-likeness (QED) is 0.522. The van der Waals surface area contributed by atoms with Gasteiger partial charge >= 0.3 is 6.09 Å². The second kappa shape index (κ2) is 10.8. The predicted octanol–water partition coefficient (Wildman–Crippen LogP) is 2.70. The van der Waals surface area contributed by atoms with Crippen LogP contribution >= 0.6 is 11.3 Å². The fourth-order valence-electron chi connectivity index (χ4n) is 2.21. The van der Waals surface area contributed by atoms with Crippen LogP contribution in [0.4, 0.5) is 15.6 Å². The zero-order chi connectivity index (χ0) is 20.4. The van der Waals surface area contributed by atoms with E-state index in [-0.39, 0.29) is 24.9 Å². The molecule has 0 fully saturated rings. The molecule has 1 aromatic heterocycles. The Bertz CT molecular complexity index is 835. The van der Waals surface area contributed by atoms with Gasteiger partial charge in [-0.05, 0) is 25.1 Å². The number of anilines is 2. The van der Waals surface area contributed by atoms with Gasteiger partial charge in [0.25, 0.3) is 0 Å². The molecular weight excluding hydrogens is 380 g/mol. The highest BCUT2D eigenvalue weighted by Gasteiger charge is 2.17. The number of ether oxygens (including phenoxy) is 1. The summed E-state index contributed by atoms with van der Waals surface area (Å²) < 4.78 is 4.71. The fourth-order valence-corrected chi connectivity index (χ4v) is 3.07. The lowest BCUT2D eigenvalue weighted by atomic mass is 10.3. The number of nitrogens with one attached hydrogen (secondary N) is 2. The van der Waals surface area contributed by atoms with Crippen LogP contribution in [0.2, 0.25) is 0 Å². The van der Waals surface area contributed by atoms with E-state index in [1.165, 1.54) is 29.2 Å². The number of carbonyl (C=O) groups excluding carboxylic acids is 3. The molecule has 0 spiro atoms. The summed E-state index contributed by atoms with van der Waals surface area (Å²) in [7, 11) is 0. The van der Waals surface area contributed by atoms with Crippen molar-refractivity contribution in [1.82, 2.24) is 15.6 Å². The maximum Gasteiger partial charge on any atom is 0.407 e. The van der Waals surface area contributed by atoms with Crippen molar-refractivity contribution in [2.45, 2.75) is 13.8 Å². The monoisotopic (exact) mass is 402 g/mol. The highest BCUT2D eigenvalue weighted by molar-refractivity contribution is 7.14. The number of carbonyl (C=O) groups is 3. The lowest BCUT2D eigenvalue weighted by Crippen LogP contribution is -2.34. The number of nitrogens with zero attached hydrogens (tertiary/aromatic N) is 2. The van der Waals surface area contributed by atoms with Crippen LogP contribution < -0.4 is 15.5 Å². The predicted molar refractivity (Wildman–Crippen MR) is 108 cm³/mol. The summed E-state index contributed by atoms with van der Waals surface area (Å²) in [6.45, 7) is 4.02. The van der Waals surface area contributed by atoms with Crippen molar-refractivity contribution in [1.29, 1.82) is 0 Å². The number of rotatable bonds is 8. The van der Waals surface area contributed by atoms with Crippen molar-refractivity contribution in [3.8, 4) is 0 Å². The molecule has 0 saturated heterocycles. The van der Waals surface area contributed by atoms with Gasteiger partial charge in [-0.2, -0.15) is 0 Å². The first-order valence-corrected chi connectivity index (χ1v) is 9.57. The Kier molecular flexibility index (Phi) is 8.16. The van der Waals surface area contributed by atoms with Crippen molar-refractivity contribution in [3.63, 3.8) is 0 Å². The molecule has 0 aliphatic heterocycles. The van der Waals surface area contributed by atoms with Gasteiger partial charge in [-0.25, -0.2) is 9.78 Å². The number of alkyl carbamates (subject to hydrolysis) is 1. The molecule has 0 radical (unpaired) electrons. The molecule has 0 aliphatic rings. The Morgan fingerprint density at radius 2 is 1.89 bits per heavy atom. The zero-order valence-electron chi connectivity index (χ0n) is 15.7. The smallest absolute Gasteiger partial charge is 0.407 e. The van der Waals surface area contributed by atoms with Crippen LogP contribution in [-0.4, -0.2) is 42.6 Å². The first-order valence-electron chi connectivity index (χ1n) is 8.69. The minimum atomic E-state index is -0.518. The van der Waals surface area contributed by atoms with Gasteiger partial charge in [-0.1, -0.05) is 18.2 Å². The van der Waals surface area contributed by atoms with Crippen LogP contribution in [0.15, 0.2) is 41.8 Å². The molecule has 148 valence electrons. The molecule has 0 saturated carbocycles. The number of amides is 3. The summed E-state index contributed by atoms with van der Waals surface area (Å²) in [4.78, 5) is 40.9. The molecule has 3 amide bonds. The standard InChI is InChI=1S/C19H22N4O4S/c1-3-27-19(26)21-12-11-20-17(25)10-9-15-13-28-18(22-15)23(14(2)24)16-7-5-4-6-8-16/h4-10,13H,3,11-12H2,1-2H3,(H,20,25)(H,21,26)/b10-9+. The molecule has 2 N–H and O–H groups in total. The Labute approximate surface area is 167 Å². The minimum absolute atomic E-state index is 0.150. The summed E-state index contributed by atoms with van der Waals surface area (Å²) in [5.74, 6) is -0.463. The third kappa shape index (κ3) is 6.51. The maximum absolute atomic E-state index is 12.0. The van der Waals surface area contributed by atoms with Crippen molar-refractivity contribution in [3.05, 3.63) is 47.5 Å². The van der Waals surface area contributed by atoms with Crippen molar-refractivity contribution < 1.29 is 19.1 Å². The first kappa shape index (κ1) is 21.1. The van der Waals surface area contributed by atoms with Gasteiger partial charge in [0, 0.05) is 31.5 Å². The van der Waals surface area contributed by atoms with E-state index >= 15 is 0 Å². The van der Waals surface area contributed by atoms with E-state index in [4.69, 9.17) is 4.74 Å². The summed E-state index contributed by atoms with van der Waals surface area (Å²) in [5, 5.41) is 7.44. The second-order valence-corrected chi connectivity index (χ2v) is 6.35. The van der Waals surface area contributed by atoms with E-state index in [0.29, 0.717) is 17.4 Å². The SMILES string of the molecule is CCOC(=O)NCCNC(=O)/C=C/c1csc(N(C(C)=O)c2ccccc2)n1. The van der Waals surface area contributed by atoms with Gasteiger partial charge in [0.05, 0.1) is 18.0 Å². The van der Waals surface area contributed by atoms with Gasteiger partial charge in [0.2, 0.25) is 11.8 Å². The van der Waals surface area contributed by atoms with E-state index in [1.807, 2.05) is 30.3 Å². The Morgan fingerprint density at radius 3 is 2.57 bits per heavy atom. The molecule has 0 bridgehead atoms. The Balaban J connectivity index is 1.90. The molecular formula is C19H22N4O4S. The van der Waals surface area contributed by atoms with Crippen LogP contribution in [0.1, 0.15) is 19.5 Å². The highest BCUT2D eigenvalue weighted by Crippen LogP contribution is 2.28. The third-order valence-corrected chi connectivity index (χ3v) is 4.25. The van der Waals surface area contributed by atoms with Gasteiger partial charge < -0.3 is 15.4 Å². The molecule has 0 unspecified atom stereocenters. The molecule has 2 rings (SSSR count). The van der Waals surface area contributed by atoms with Crippen LogP contribution in [0.3, 0.4) is 0 Å². The van der Waals surface area contributed by atoms with Crippen LogP contribution in [0.5, 0.6) is 0 Å². The molecule has 0 atom stereocenters. The van der Waals surface area contributed by atoms with Gasteiger partial charge in [0.15, 0.2) is 5.13 Å². The van der Waals surface area contributed by atoms with Crippen LogP contribution in [0, 0.1) is 0 Å². The van der Waals surface area contributed by atoms with Crippen LogP contribution in [0.25, 0.3) is 6.08 Å². The topological polar surface area (TPSA) is 101 Å². The van der Waals surface area contributed by atoms with E-state index in [2.05, 4.69) is 15.6 Å². The number of aromatic nitrogens is 1. The average molecular weight is 402 g/mol.